The molecule has 0 bridgehead atoms. The Kier molecular flexibility index (Phi) is 5.06. The van der Waals surface area contributed by atoms with E-state index in [-0.39, 0.29) is 11.4 Å². The molecule has 20 heavy (non-hydrogen) atoms. The summed E-state index contributed by atoms with van der Waals surface area (Å²) >= 11 is 6.45. The molecule has 1 aromatic rings. The van der Waals surface area contributed by atoms with E-state index in [1.807, 2.05) is 12.1 Å². The van der Waals surface area contributed by atoms with Gasteiger partial charge in [-0.2, -0.15) is 0 Å². The summed E-state index contributed by atoms with van der Waals surface area (Å²) in [5.41, 5.74) is 1.83. The lowest BCUT2D eigenvalue weighted by Crippen LogP contribution is -2.39. The van der Waals surface area contributed by atoms with Crippen molar-refractivity contribution in [1.29, 1.82) is 0 Å². The number of ether oxygens (including phenoxy) is 1. The average Bonchev–Trinajstić information content (AvgIpc) is 2.48. The number of hydrogen-bond donors (Lipinski definition) is 1. The SMILES string of the molecule is CCOC(=O)c1ccc(C2(CC)CCNCC2)c(Cl)c1. The summed E-state index contributed by atoms with van der Waals surface area (Å²) in [6.07, 6.45) is 3.23. The summed E-state index contributed by atoms with van der Waals surface area (Å²) in [6, 6.07) is 5.58. The highest BCUT2D eigenvalue weighted by molar-refractivity contribution is 6.31. The van der Waals surface area contributed by atoms with Gasteiger partial charge < -0.3 is 10.1 Å². The summed E-state index contributed by atoms with van der Waals surface area (Å²) in [4.78, 5) is 11.7. The first-order valence-corrected chi connectivity index (χ1v) is 7.68. The van der Waals surface area contributed by atoms with Crippen LogP contribution in [0.25, 0.3) is 0 Å². The summed E-state index contributed by atoms with van der Waals surface area (Å²) in [7, 11) is 0. The van der Waals surface area contributed by atoms with Gasteiger partial charge >= 0.3 is 5.97 Å². The van der Waals surface area contributed by atoms with Gasteiger partial charge in [-0.05, 0) is 62.4 Å². The van der Waals surface area contributed by atoms with Crippen molar-refractivity contribution in [2.75, 3.05) is 19.7 Å². The van der Waals surface area contributed by atoms with Crippen LogP contribution < -0.4 is 5.32 Å². The number of carbonyl (C=O) groups is 1. The van der Waals surface area contributed by atoms with Gasteiger partial charge in [0.15, 0.2) is 0 Å². The fourth-order valence-corrected chi connectivity index (χ4v) is 3.39. The number of rotatable bonds is 4. The smallest absolute Gasteiger partial charge is 0.338 e. The summed E-state index contributed by atoms with van der Waals surface area (Å²) < 4.78 is 5.01. The third-order valence-corrected chi connectivity index (χ3v) is 4.60. The minimum absolute atomic E-state index is 0.134. The van der Waals surface area contributed by atoms with Crippen LogP contribution in [0.2, 0.25) is 5.02 Å². The maximum atomic E-state index is 11.7. The molecule has 110 valence electrons. The predicted octanol–water partition coefficient (Wildman–Crippen LogP) is 3.55. The molecule has 1 N–H and O–H groups in total. The molecule has 0 atom stereocenters. The standard InChI is InChI=1S/C16H22ClNO2/c1-3-16(7-9-18-10-8-16)13-6-5-12(11-14(13)17)15(19)20-4-2/h5-6,11,18H,3-4,7-10H2,1-2H3. The Hall–Kier alpha value is -1.06. The van der Waals surface area contributed by atoms with Crippen LogP contribution in [0.15, 0.2) is 18.2 Å². The van der Waals surface area contributed by atoms with Crippen LogP contribution in [-0.2, 0) is 10.2 Å². The number of hydrogen-bond acceptors (Lipinski definition) is 3. The Morgan fingerprint density at radius 3 is 2.60 bits per heavy atom. The van der Waals surface area contributed by atoms with E-state index >= 15 is 0 Å². The zero-order chi connectivity index (χ0) is 14.6. The molecule has 1 saturated heterocycles. The van der Waals surface area contributed by atoms with Gasteiger partial charge in [0.1, 0.15) is 0 Å². The number of benzene rings is 1. The maximum Gasteiger partial charge on any atom is 0.338 e. The van der Waals surface area contributed by atoms with Crippen LogP contribution in [0.1, 0.15) is 49.0 Å². The molecule has 0 aliphatic carbocycles. The van der Waals surface area contributed by atoms with Crippen LogP contribution in [0, 0.1) is 0 Å². The summed E-state index contributed by atoms with van der Waals surface area (Å²) in [5, 5.41) is 4.07. The lowest BCUT2D eigenvalue weighted by atomic mass is 9.71. The molecule has 0 spiro atoms. The first-order valence-electron chi connectivity index (χ1n) is 7.31. The lowest BCUT2D eigenvalue weighted by molar-refractivity contribution is 0.0526. The Morgan fingerprint density at radius 2 is 2.05 bits per heavy atom. The van der Waals surface area contributed by atoms with Crippen molar-refractivity contribution in [2.24, 2.45) is 0 Å². The molecule has 0 aromatic heterocycles. The van der Waals surface area contributed by atoms with Crippen LogP contribution >= 0.6 is 11.6 Å². The maximum absolute atomic E-state index is 11.7. The van der Waals surface area contributed by atoms with E-state index in [2.05, 4.69) is 12.2 Å². The minimum Gasteiger partial charge on any atom is -0.462 e. The largest absolute Gasteiger partial charge is 0.462 e. The zero-order valence-electron chi connectivity index (χ0n) is 12.2. The molecule has 1 fully saturated rings. The van der Waals surface area contributed by atoms with Gasteiger partial charge in [0.2, 0.25) is 0 Å². The second-order valence-electron chi connectivity index (χ2n) is 5.30. The number of piperidine rings is 1. The van der Waals surface area contributed by atoms with Crippen molar-refractivity contribution in [3.8, 4) is 0 Å². The van der Waals surface area contributed by atoms with Crippen molar-refractivity contribution in [1.82, 2.24) is 5.32 Å². The van der Waals surface area contributed by atoms with Gasteiger partial charge in [-0.15, -0.1) is 0 Å². The van der Waals surface area contributed by atoms with Gasteiger partial charge in [-0.25, -0.2) is 4.79 Å². The Bertz CT molecular complexity index is 481. The first kappa shape index (κ1) is 15.3. The van der Waals surface area contributed by atoms with Crippen molar-refractivity contribution >= 4 is 17.6 Å². The second-order valence-corrected chi connectivity index (χ2v) is 5.71. The van der Waals surface area contributed by atoms with E-state index < -0.39 is 0 Å². The normalized spacial score (nSPS) is 17.8. The number of nitrogens with one attached hydrogen (secondary N) is 1. The second kappa shape index (κ2) is 6.59. The van der Waals surface area contributed by atoms with Gasteiger partial charge in [0, 0.05) is 5.02 Å². The average molecular weight is 296 g/mol. The molecule has 0 radical (unpaired) electrons. The molecule has 0 unspecified atom stereocenters. The minimum atomic E-state index is -0.309. The number of halogens is 1. The fraction of sp³-hybridized carbons (Fsp3) is 0.562. The molecule has 1 aliphatic rings. The predicted molar refractivity (Wildman–Crippen MR) is 81.5 cm³/mol. The van der Waals surface area contributed by atoms with E-state index in [4.69, 9.17) is 16.3 Å². The quantitative estimate of drug-likeness (QED) is 0.863. The molecule has 0 saturated carbocycles. The highest BCUT2D eigenvalue weighted by Crippen LogP contribution is 2.40. The van der Waals surface area contributed by atoms with Gasteiger partial charge in [-0.1, -0.05) is 24.6 Å². The van der Waals surface area contributed by atoms with Crippen LogP contribution in [0.5, 0.6) is 0 Å². The monoisotopic (exact) mass is 295 g/mol. The first-order chi connectivity index (χ1) is 9.63. The van der Waals surface area contributed by atoms with Crippen LogP contribution in [0.3, 0.4) is 0 Å². The zero-order valence-corrected chi connectivity index (χ0v) is 12.9. The third kappa shape index (κ3) is 2.99. The molecule has 3 nitrogen and oxygen atoms in total. The topological polar surface area (TPSA) is 38.3 Å². The highest BCUT2D eigenvalue weighted by Gasteiger charge is 2.33. The Balaban J connectivity index is 2.30. The van der Waals surface area contributed by atoms with E-state index in [1.165, 1.54) is 0 Å². The van der Waals surface area contributed by atoms with Crippen molar-refractivity contribution < 1.29 is 9.53 Å². The van der Waals surface area contributed by atoms with E-state index in [0.29, 0.717) is 17.2 Å². The fourth-order valence-electron chi connectivity index (χ4n) is 3.01. The molecule has 1 aliphatic heterocycles. The Morgan fingerprint density at radius 1 is 1.35 bits per heavy atom. The van der Waals surface area contributed by atoms with Crippen LogP contribution in [-0.4, -0.2) is 25.7 Å². The molecule has 1 heterocycles. The van der Waals surface area contributed by atoms with Gasteiger partial charge in [-0.3, -0.25) is 0 Å². The summed E-state index contributed by atoms with van der Waals surface area (Å²) in [6.45, 7) is 6.42. The molecule has 0 amide bonds. The molecule has 2 rings (SSSR count). The molecule has 1 aromatic carbocycles. The van der Waals surface area contributed by atoms with Crippen molar-refractivity contribution in [3.05, 3.63) is 34.3 Å². The summed E-state index contributed by atoms with van der Waals surface area (Å²) in [5.74, 6) is -0.309. The van der Waals surface area contributed by atoms with E-state index in [9.17, 15) is 4.79 Å². The van der Waals surface area contributed by atoms with Crippen molar-refractivity contribution in [3.63, 3.8) is 0 Å². The lowest BCUT2D eigenvalue weighted by Gasteiger charge is -2.38. The van der Waals surface area contributed by atoms with E-state index in [0.717, 1.165) is 37.9 Å². The molecular weight excluding hydrogens is 274 g/mol. The third-order valence-electron chi connectivity index (χ3n) is 4.29. The number of esters is 1. The highest BCUT2D eigenvalue weighted by atomic mass is 35.5. The molecular formula is C16H22ClNO2. The Labute approximate surface area is 125 Å². The molecule has 4 heteroatoms. The van der Waals surface area contributed by atoms with E-state index in [1.54, 1.807) is 13.0 Å². The van der Waals surface area contributed by atoms with Gasteiger partial charge in [0.25, 0.3) is 0 Å². The van der Waals surface area contributed by atoms with Crippen molar-refractivity contribution in [2.45, 2.75) is 38.5 Å². The van der Waals surface area contributed by atoms with Gasteiger partial charge in [0.05, 0.1) is 12.2 Å². The van der Waals surface area contributed by atoms with Crippen LogP contribution in [0.4, 0.5) is 0 Å². The number of carbonyl (C=O) groups excluding carboxylic acids is 1.